The van der Waals surface area contributed by atoms with E-state index in [2.05, 4.69) is 9.97 Å². The van der Waals surface area contributed by atoms with Crippen molar-refractivity contribution < 1.29 is 13.2 Å². The number of aryl methyl sites for hydroxylation is 1. The number of imidazole rings is 1. The molecule has 0 bridgehead atoms. The number of hydrogen-bond acceptors (Lipinski definition) is 1. The standard InChI is InChI=1S/C10H13F3N2/c1-6-8(7-4-2-3-5-7)15-9(14-6)10(11,12)13/h7H,2-5H2,1H3,(H,14,15). The van der Waals surface area contributed by atoms with Gasteiger partial charge in [0.25, 0.3) is 0 Å². The first kappa shape index (κ1) is 10.5. The molecule has 1 heterocycles. The molecule has 1 fully saturated rings. The average Bonchev–Trinajstić information content (AvgIpc) is 2.69. The molecule has 1 aromatic heterocycles. The van der Waals surface area contributed by atoms with E-state index in [4.69, 9.17) is 0 Å². The summed E-state index contributed by atoms with van der Waals surface area (Å²) in [5.74, 6) is -0.640. The quantitative estimate of drug-likeness (QED) is 0.768. The maximum atomic E-state index is 12.4. The molecule has 0 unspecified atom stereocenters. The second kappa shape index (κ2) is 3.54. The number of nitrogens with zero attached hydrogens (tertiary/aromatic N) is 1. The van der Waals surface area contributed by atoms with Crippen molar-refractivity contribution in [3.8, 4) is 0 Å². The Bertz CT molecular complexity index is 348. The number of H-pyrrole nitrogens is 1. The van der Waals surface area contributed by atoms with Crippen LogP contribution in [0.1, 0.15) is 48.8 Å². The Hall–Kier alpha value is -1.00. The average molecular weight is 218 g/mol. The number of halogens is 3. The molecule has 0 aromatic carbocycles. The summed E-state index contributed by atoms with van der Waals surface area (Å²) < 4.78 is 37.1. The van der Waals surface area contributed by atoms with Crippen molar-refractivity contribution >= 4 is 0 Å². The molecule has 1 aliphatic rings. The van der Waals surface area contributed by atoms with Crippen LogP contribution in [0, 0.1) is 6.92 Å². The van der Waals surface area contributed by atoms with Gasteiger partial charge in [-0.25, -0.2) is 4.98 Å². The van der Waals surface area contributed by atoms with Crippen molar-refractivity contribution in [1.82, 2.24) is 9.97 Å². The highest BCUT2D eigenvalue weighted by Crippen LogP contribution is 2.36. The van der Waals surface area contributed by atoms with E-state index in [0.717, 1.165) is 25.7 Å². The molecule has 1 aliphatic carbocycles. The van der Waals surface area contributed by atoms with Gasteiger partial charge in [-0.05, 0) is 19.8 Å². The fourth-order valence-electron chi connectivity index (χ4n) is 2.20. The summed E-state index contributed by atoms with van der Waals surface area (Å²) in [5, 5.41) is 0. The normalized spacial score (nSPS) is 18.7. The third-order valence-corrected chi connectivity index (χ3v) is 2.93. The van der Waals surface area contributed by atoms with Crippen molar-refractivity contribution in [3.05, 3.63) is 17.2 Å². The Balaban J connectivity index is 2.29. The predicted molar refractivity (Wildman–Crippen MR) is 49.5 cm³/mol. The molecule has 0 radical (unpaired) electrons. The molecule has 0 saturated heterocycles. The van der Waals surface area contributed by atoms with Crippen LogP contribution >= 0.6 is 0 Å². The van der Waals surface area contributed by atoms with Crippen molar-refractivity contribution in [2.75, 3.05) is 0 Å². The van der Waals surface area contributed by atoms with E-state index in [1.165, 1.54) is 0 Å². The van der Waals surface area contributed by atoms with Gasteiger partial charge < -0.3 is 4.98 Å². The smallest absolute Gasteiger partial charge is 0.338 e. The lowest BCUT2D eigenvalue weighted by atomic mass is 10.0. The van der Waals surface area contributed by atoms with Gasteiger partial charge in [-0.15, -0.1) is 0 Å². The molecule has 15 heavy (non-hydrogen) atoms. The number of aromatic nitrogens is 2. The van der Waals surface area contributed by atoms with Crippen LogP contribution in [0.5, 0.6) is 0 Å². The number of aromatic amines is 1. The predicted octanol–water partition coefficient (Wildman–Crippen LogP) is 3.39. The van der Waals surface area contributed by atoms with Gasteiger partial charge >= 0.3 is 6.18 Å². The van der Waals surface area contributed by atoms with Crippen LogP contribution in [0.15, 0.2) is 0 Å². The van der Waals surface area contributed by atoms with Crippen molar-refractivity contribution in [2.45, 2.75) is 44.7 Å². The lowest BCUT2D eigenvalue weighted by molar-refractivity contribution is -0.144. The zero-order chi connectivity index (χ0) is 11.1. The lowest BCUT2D eigenvalue weighted by Crippen LogP contribution is -2.07. The molecule has 1 aromatic rings. The number of hydrogen-bond donors (Lipinski definition) is 1. The summed E-state index contributed by atoms with van der Waals surface area (Å²) in [6, 6.07) is 0. The van der Waals surface area contributed by atoms with Gasteiger partial charge in [0.2, 0.25) is 5.82 Å². The second-order valence-electron chi connectivity index (χ2n) is 4.07. The van der Waals surface area contributed by atoms with Crippen LogP contribution in [0.25, 0.3) is 0 Å². The fraction of sp³-hybridized carbons (Fsp3) is 0.700. The van der Waals surface area contributed by atoms with Crippen molar-refractivity contribution in [3.63, 3.8) is 0 Å². The maximum Gasteiger partial charge on any atom is 0.449 e. The van der Waals surface area contributed by atoms with E-state index < -0.39 is 12.0 Å². The number of rotatable bonds is 1. The Morgan fingerprint density at radius 3 is 2.33 bits per heavy atom. The lowest BCUT2D eigenvalue weighted by Gasteiger charge is -2.05. The van der Waals surface area contributed by atoms with E-state index in [0.29, 0.717) is 11.4 Å². The van der Waals surface area contributed by atoms with E-state index in [1.807, 2.05) is 0 Å². The van der Waals surface area contributed by atoms with Crippen molar-refractivity contribution in [2.24, 2.45) is 0 Å². The van der Waals surface area contributed by atoms with Gasteiger partial charge in [-0.1, -0.05) is 12.8 Å². The Morgan fingerprint density at radius 2 is 1.87 bits per heavy atom. The van der Waals surface area contributed by atoms with Crippen LogP contribution in [-0.4, -0.2) is 9.97 Å². The van der Waals surface area contributed by atoms with Gasteiger partial charge in [-0.2, -0.15) is 13.2 Å². The monoisotopic (exact) mass is 218 g/mol. The van der Waals surface area contributed by atoms with Crippen LogP contribution in [-0.2, 0) is 6.18 Å². The summed E-state index contributed by atoms with van der Waals surface area (Å²) in [7, 11) is 0. The van der Waals surface area contributed by atoms with Gasteiger partial charge in [0.1, 0.15) is 0 Å². The van der Waals surface area contributed by atoms with E-state index >= 15 is 0 Å². The Labute approximate surface area is 85.9 Å². The minimum Gasteiger partial charge on any atom is -0.338 e. The minimum atomic E-state index is -4.36. The molecular weight excluding hydrogens is 205 g/mol. The summed E-state index contributed by atoms with van der Waals surface area (Å²) in [6.07, 6.45) is -0.246. The molecule has 5 heteroatoms. The first-order valence-electron chi connectivity index (χ1n) is 5.12. The molecule has 1 N–H and O–H groups in total. The largest absolute Gasteiger partial charge is 0.449 e. The Kier molecular flexibility index (Phi) is 2.48. The zero-order valence-electron chi connectivity index (χ0n) is 8.49. The molecule has 0 atom stereocenters. The highest BCUT2D eigenvalue weighted by atomic mass is 19.4. The molecular formula is C10H13F3N2. The number of nitrogens with one attached hydrogen (secondary N) is 1. The summed E-state index contributed by atoms with van der Waals surface area (Å²) >= 11 is 0. The van der Waals surface area contributed by atoms with Crippen LogP contribution in [0.2, 0.25) is 0 Å². The molecule has 0 spiro atoms. The van der Waals surface area contributed by atoms with E-state index in [-0.39, 0.29) is 5.92 Å². The van der Waals surface area contributed by atoms with Crippen molar-refractivity contribution in [1.29, 1.82) is 0 Å². The highest BCUT2D eigenvalue weighted by Gasteiger charge is 2.36. The number of alkyl halides is 3. The third-order valence-electron chi connectivity index (χ3n) is 2.93. The molecule has 84 valence electrons. The molecule has 1 saturated carbocycles. The zero-order valence-corrected chi connectivity index (χ0v) is 8.49. The van der Waals surface area contributed by atoms with Crippen LogP contribution in [0.4, 0.5) is 13.2 Å². The second-order valence-corrected chi connectivity index (χ2v) is 4.07. The minimum absolute atomic E-state index is 0.220. The van der Waals surface area contributed by atoms with Gasteiger partial charge in [-0.3, -0.25) is 0 Å². The summed E-state index contributed by atoms with van der Waals surface area (Å²) in [5.41, 5.74) is 1.18. The van der Waals surface area contributed by atoms with Gasteiger partial charge in [0.15, 0.2) is 0 Å². The van der Waals surface area contributed by atoms with E-state index in [9.17, 15) is 13.2 Å². The molecule has 2 nitrogen and oxygen atoms in total. The van der Waals surface area contributed by atoms with Crippen LogP contribution < -0.4 is 0 Å². The fourth-order valence-corrected chi connectivity index (χ4v) is 2.20. The van der Waals surface area contributed by atoms with E-state index in [1.54, 1.807) is 6.92 Å². The molecule has 0 amide bonds. The molecule has 0 aliphatic heterocycles. The SMILES string of the molecule is Cc1[nH]c(C(F)(F)F)nc1C1CCCC1. The maximum absolute atomic E-state index is 12.4. The highest BCUT2D eigenvalue weighted by molar-refractivity contribution is 5.19. The topological polar surface area (TPSA) is 28.7 Å². The first-order chi connectivity index (χ1) is 6.98. The molecule has 2 rings (SSSR count). The third kappa shape index (κ3) is 2.01. The van der Waals surface area contributed by atoms with Crippen LogP contribution in [0.3, 0.4) is 0 Å². The summed E-state index contributed by atoms with van der Waals surface area (Å²) in [6.45, 7) is 1.66. The van der Waals surface area contributed by atoms with Gasteiger partial charge in [0.05, 0.1) is 5.69 Å². The first-order valence-corrected chi connectivity index (χ1v) is 5.12. The van der Waals surface area contributed by atoms with Gasteiger partial charge in [0, 0.05) is 11.6 Å². The summed E-state index contributed by atoms with van der Waals surface area (Å²) in [4.78, 5) is 6.01. The Morgan fingerprint density at radius 1 is 1.27 bits per heavy atom.